The van der Waals surface area contributed by atoms with Crippen molar-refractivity contribution in [2.24, 2.45) is 0 Å². The molecule has 0 aliphatic heterocycles. The molecule has 0 amide bonds. The Bertz CT molecular complexity index is 1020. The molecule has 3 aromatic rings. The van der Waals surface area contributed by atoms with Gasteiger partial charge in [-0.1, -0.05) is 30.3 Å². The summed E-state index contributed by atoms with van der Waals surface area (Å²) in [6.07, 6.45) is 6.69. The molecule has 4 nitrogen and oxygen atoms in total. The Morgan fingerprint density at radius 1 is 1.00 bits per heavy atom. The lowest BCUT2D eigenvalue weighted by Gasteiger charge is -2.04. The van der Waals surface area contributed by atoms with Crippen molar-refractivity contribution in [3.63, 3.8) is 0 Å². The van der Waals surface area contributed by atoms with Crippen LogP contribution in [0.5, 0.6) is 0 Å². The van der Waals surface area contributed by atoms with E-state index in [9.17, 15) is 12.8 Å². The molecular weight excluding hydrogens is 339 g/mol. The maximum Gasteiger partial charge on any atom is 0.175 e. The molecule has 0 N–H and O–H groups in total. The average molecular weight is 356 g/mol. The Hall–Kier alpha value is -2.73. The van der Waals surface area contributed by atoms with E-state index in [0.29, 0.717) is 5.69 Å². The molecule has 0 radical (unpaired) electrons. The molecule has 2 aromatic carbocycles. The van der Waals surface area contributed by atoms with Gasteiger partial charge in [0.1, 0.15) is 11.5 Å². The van der Waals surface area contributed by atoms with Crippen molar-refractivity contribution < 1.29 is 12.8 Å². The maximum absolute atomic E-state index is 13.2. The summed E-state index contributed by atoms with van der Waals surface area (Å²) in [6.45, 7) is 1.89. The highest BCUT2D eigenvalue weighted by Crippen LogP contribution is 2.31. The predicted molar refractivity (Wildman–Crippen MR) is 97.2 cm³/mol. The molecule has 0 aliphatic carbocycles. The van der Waals surface area contributed by atoms with Crippen LogP contribution in [0.3, 0.4) is 0 Å². The second kappa shape index (κ2) is 6.64. The van der Waals surface area contributed by atoms with Gasteiger partial charge in [0.25, 0.3) is 0 Å². The van der Waals surface area contributed by atoms with Crippen LogP contribution < -0.4 is 0 Å². The second-order valence-electron chi connectivity index (χ2n) is 5.66. The Kier molecular flexibility index (Phi) is 4.55. The highest BCUT2D eigenvalue weighted by molar-refractivity contribution is 7.90. The van der Waals surface area contributed by atoms with Gasteiger partial charge >= 0.3 is 0 Å². The number of hydrogen-bond donors (Lipinski definition) is 0. The molecule has 0 spiro atoms. The summed E-state index contributed by atoms with van der Waals surface area (Å²) in [4.78, 5) is 0.257. The number of rotatable bonds is 4. The Morgan fingerprint density at radius 3 is 2.16 bits per heavy atom. The lowest BCUT2D eigenvalue weighted by molar-refractivity contribution is 0.602. The van der Waals surface area contributed by atoms with Crippen molar-refractivity contribution >= 4 is 16.0 Å². The number of allylic oxidation sites excluding steroid dienone is 1. The van der Waals surface area contributed by atoms with Crippen LogP contribution in [0, 0.1) is 5.82 Å². The predicted octanol–water partition coefficient (Wildman–Crippen LogP) is 4.25. The number of aromatic nitrogens is 2. The fourth-order valence-electron chi connectivity index (χ4n) is 2.53. The van der Waals surface area contributed by atoms with E-state index in [2.05, 4.69) is 5.10 Å². The van der Waals surface area contributed by atoms with Crippen LogP contribution in [0.2, 0.25) is 0 Å². The zero-order valence-corrected chi connectivity index (χ0v) is 14.7. The zero-order chi connectivity index (χ0) is 18.0. The molecule has 3 rings (SSSR count). The van der Waals surface area contributed by atoms with E-state index in [1.165, 1.54) is 18.4 Å². The Labute approximate surface area is 146 Å². The van der Waals surface area contributed by atoms with Crippen LogP contribution >= 0.6 is 0 Å². The first-order chi connectivity index (χ1) is 11.9. The topological polar surface area (TPSA) is 52.0 Å². The fraction of sp³-hybridized carbons (Fsp3) is 0.105. The lowest BCUT2D eigenvalue weighted by Crippen LogP contribution is -1.96. The first-order valence-corrected chi connectivity index (χ1v) is 9.56. The third-order valence-corrected chi connectivity index (χ3v) is 4.87. The summed E-state index contributed by atoms with van der Waals surface area (Å²) in [5, 5.41) is 4.55. The van der Waals surface area contributed by atoms with E-state index >= 15 is 0 Å². The average Bonchev–Trinajstić information content (AvgIpc) is 2.99. The minimum atomic E-state index is -3.25. The Morgan fingerprint density at radius 2 is 1.60 bits per heavy atom. The smallest absolute Gasteiger partial charge is 0.175 e. The highest BCUT2D eigenvalue weighted by atomic mass is 32.2. The molecule has 25 heavy (non-hydrogen) atoms. The van der Waals surface area contributed by atoms with E-state index in [1.807, 2.05) is 19.2 Å². The first kappa shape index (κ1) is 17.1. The molecule has 0 saturated heterocycles. The normalized spacial score (nSPS) is 12.0. The van der Waals surface area contributed by atoms with Gasteiger partial charge in [0.2, 0.25) is 0 Å². The van der Waals surface area contributed by atoms with Crippen molar-refractivity contribution in [2.45, 2.75) is 11.8 Å². The van der Waals surface area contributed by atoms with E-state index in [-0.39, 0.29) is 10.7 Å². The van der Waals surface area contributed by atoms with Gasteiger partial charge in [0, 0.05) is 29.8 Å². The number of benzene rings is 2. The molecule has 0 aliphatic rings. The van der Waals surface area contributed by atoms with Crippen LogP contribution in [0.15, 0.2) is 65.7 Å². The molecule has 0 saturated carbocycles. The van der Waals surface area contributed by atoms with Gasteiger partial charge < -0.3 is 0 Å². The monoisotopic (exact) mass is 356 g/mol. The number of halogens is 1. The van der Waals surface area contributed by atoms with Gasteiger partial charge in [-0.2, -0.15) is 5.10 Å². The van der Waals surface area contributed by atoms with Crippen molar-refractivity contribution in [1.82, 2.24) is 9.78 Å². The number of sulfone groups is 1. The SMILES string of the molecule is CC=Cn1cc(-c2ccc(F)cc2)c(-c2ccc(S(C)(=O)=O)cc2)n1. The Balaban J connectivity index is 2.13. The molecule has 0 bridgehead atoms. The summed E-state index contributed by atoms with van der Waals surface area (Å²) in [6, 6.07) is 12.8. The molecule has 0 atom stereocenters. The van der Waals surface area contributed by atoms with Crippen LogP contribution in [0.1, 0.15) is 6.92 Å². The largest absolute Gasteiger partial charge is 0.247 e. The summed E-state index contributed by atoms with van der Waals surface area (Å²) >= 11 is 0. The fourth-order valence-corrected chi connectivity index (χ4v) is 3.17. The van der Waals surface area contributed by atoms with Crippen LogP contribution in [0.4, 0.5) is 4.39 Å². The summed E-state index contributed by atoms with van der Waals surface area (Å²) < 4.78 is 38.2. The third kappa shape index (κ3) is 3.69. The maximum atomic E-state index is 13.2. The third-order valence-electron chi connectivity index (χ3n) is 3.74. The van der Waals surface area contributed by atoms with Crippen molar-refractivity contribution in [1.29, 1.82) is 0 Å². The standard InChI is InChI=1S/C19H17FN2O2S/c1-3-12-22-13-18(14-4-8-16(20)9-5-14)19(21-22)15-6-10-17(11-7-15)25(2,23)24/h3-13H,1-2H3. The van der Waals surface area contributed by atoms with E-state index in [0.717, 1.165) is 16.7 Å². The van der Waals surface area contributed by atoms with Crippen LogP contribution in [-0.2, 0) is 9.84 Å². The molecule has 128 valence electrons. The van der Waals surface area contributed by atoms with E-state index in [4.69, 9.17) is 0 Å². The minimum absolute atomic E-state index is 0.257. The molecule has 0 unspecified atom stereocenters. The van der Waals surface area contributed by atoms with E-state index < -0.39 is 9.84 Å². The van der Waals surface area contributed by atoms with Gasteiger partial charge in [-0.05, 0) is 36.8 Å². The molecule has 1 heterocycles. The molecular formula is C19H17FN2O2S. The van der Waals surface area contributed by atoms with Gasteiger partial charge in [-0.3, -0.25) is 0 Å². The summed E-state index contributed by atoms with van der Waals surface area (Å²) in [5.41, 5.74) is 3.16. The van der Waals surface area contributed by atoms with Crippen molar-refractivity contribution in [3.05, 3.63) is 66.6 Å². The van der Waals surface area contributed by atoms with Gasteiger partial charge in [0.15, 0.2) is 9.84 Å². The van der Waals surface area contributed by atoms with Gasteiger partial charge in [-0.25, -0.2) is 17.5 Å². The number of hydrogen-bond acceptors (Lipinski definition) is 3. The van der Waals surface area contributed by atoms with Crippen molar-refractivity contribution in [3.8, 4) is 22.4 Å². The van der Waals surface area contributed by atoms with Crippen LogP contribution in [0.25, 0.3) is 28.6 Å². The van der Waals surface area contributed by atoms with Gasteiger partial charge in [-0.15, -0.1) is 0 Å². The molecule has 6 heteroatoms. The molecule has 0 fully saturated rings. The lowest BCUT2D eigenvalue weighted by atomic mass is 10.0. The zero-order valence-electron chi connectivity index (χ0n) is 13.8. The van der Waals surface area contributed by atoms with Gasteiger partial charge in [0.05, 0.1) is 4.90 Å². The van der Waals surface area contributed by atoms with Crippen LogP contribution in [-0.4, -0.2) is 24.5 Å². The quantitative estimate of drug-likeness (QED) is 0.702. The minimum Gasteiger partial charge on any atom is -0.247 e. The van der Waals surface area contributed by atoms with E-state index in [1.54, 1.807) is 47.3 Å². The first-order valence-electron chi connectivity index (χ1n) is 7.67. The van der Waals surface area contributed by atoms with Crippen molar-refractivity contribution in [2.75, 3.05) is 6.26 Å². The summed E-state index contributed by atoms with van der Waals surface area (Å²) in [5.74, 6) is -0.302. The molecule has 1 aromatic heterocycles. The summed E-state index contributed by atoms with van der Waals surface area (Å²) in [7, 11) is -3.25. The number of nitrogens with zero attached hydrogens (tertiary/aromatic N) is 2. The highest BCUT2D eigenvalue weighted by Gasteiger charge is 2.14. The second-order valence-corrected chi connectivity index (χ2v) is 7.67.